The Morgan fingerprint density at radius 2 is 1.95 bits per heavy atom. The zero-order valence-electron chi connectivity index (χ0n) is 10.6. The summed E-state index contributed by atoms with van der Waals surface area (Å²) in [6.07, 6.45) is -2.07. The number of benzene rings is 1. The molecule has 0 bridgehead atoms. The monoisotopic (exact) mass is 286 g/mol. The third-order valence-electron chi connectivity index (χ3n) is 2.78. The quantitative estimate of drug-likeness (QED) is 0.939. The van der Waals surface area contributed by atoms with Gasteiger partial charge >= 0.3 is 6.36 Å². The minimum Gasteiger partial charge on any atom is -0.406 e. The number of aryl methyl sites for hydroxylation is 1. The Morgan fingerprint density at radius 1 is 1.30 bits per heavy atom. The van der Waals surface area contributed by atoms with Crippen molar-refractivity contribution < 1.29 is 23.0 Å². The smallest absolute Gasteiger partial charge is 0.406 e. The van der Waals surface area contributed by atoms with Gasteiger partial charge in [0.1, 0.15) is 5.75 Å². The molecule has 1 unspecified atom stereocenters. The molecule has 4 nitrogen and oxygen atoms in total. The number of imidazole rings is 1. The van der Waals surface area contributed by atoms with Crippen molar-refractivity contribution in [2.75, 3.05) is 0 Å². The van der Waals surface area contributed by atoms with Crippen LogP contribution in [-0.2, 0) is 13.5 Å². The fraction of sp³-hybridized carbons (Fsp3) is 0.308. The fourth-order valence-electron chi connectivity index (χ4n) is 1.84. The second-order valence-electron chi connectivity index (χ2n) is 4.34. The number of alkyl halides is 3. The average Bonchev–Trinajstić information content (AvgIpc) is 2.76. The minimum atomic E-state index is -4.70. The van der Waals surface area contributed by atoms with Gasteiger partial charge in [0.05, 0.1) is 24.3 Å². The van der Waals surface area contributed by atoms with Gasteiger partial charge in [0.25, 0.3) is 0 Å². The van der Waals surface area contributed by atoms with E-state index in [4.69, 9.17) is 0 Å². The van der Waals surface area contributed by atoms with Crippen LogP contribution in [0.5, 0.6) is 5.75 Å². The molecule has 0 radical (unpaired) electrons. The molecule has 1 N–H and O–H groups in total. The van der Waals surface area contributed by atoms with Gasteiger partial charge in [-0.15, -0.1) is 13.2 Å². The van der Waals surface area contributed by atoms with E-state index in [9.17, 15) is 18.3 Å². The maximum Gasteiger partial charge on any atom is 0.573 e. The van der Waals surface area contributed by atoms with E-state index < -0.39 is 12.5 Å². The highest BCUT2D eigenvalue weighted by Gasteiger charge is 2.30. The molecular weight excluding hydrogens is 273 g/mol. The number of hydrogen-bond donors (Lipinski definition) is 1. The summed E-state index contributed by atoms with van der Waals surface area (Å²) in [5.41, 5.74) is 1.34. The van der Waals surface area contributed by atoms with Gasteiger partial charge in [0.15, 0.2) is 0 Å². The Balaban J connectivity index is 2.02. The number of aliphatic hydroxyl groups is 1. The van der Waals surface area contributed by atoms with Gasteiger partial charge in [-0.2, -0.15) is 0 Å². The molecule has 0 aliphatic rings. The van der Waals surface area contributed by atoms with Crippen LogP contribution in [0.4, 0.5) is 13.2 Å². The van der Waals surface area contributed by atoms with Crippen molar-refractivity contribution in [1.29, 1.82) is 0 Å². The Morgan fingerprint density at radius 3 is 2.45 bits per heavy atom. The second kappa shape index (κ2) is 5.54. The molecule has 0 aliphatic heterocycles. The van der Waals surface area contributed by atoms with E-state index in [0.717, 1.165) is 0 Å². The summed E-state index contributed by atoms with van der Waals surface area (Å²) >= 11 is 0. The summed E-state index contributed by atoms with van der Waals surface area (Å²) < 4.78 is 41.5. The third-order valence-corrected chi connectivity index (χ3v) is 2.78. The summed E-state index contributed by atoms with van der Waals surface area (Å²) in [5.74, 6) is -0.281. The van der Waals surface area contributed by atoms with E-state index in [1.807, 2.05) is 0 Å². The summed E-state index contributed by atoms with van der Waals surface area (Å²) in [6.45, 7) is 0. The summed E-state index contributed by atoms with van der Waals surface area (Å²) in [7, 11) is 1.76. The fourth-order valence-corrected chi connectivity index (χ4v) is 1.84. The van der Waals surface area contributed by atoms with Crippen molar-refractivity contribution in [3.63, 3.8) is 0 Å². The SMILES string of the molecule is Cn1cncc1C(O)Cc1ccc(OC(F)(F)F)cc1. The predicted octanol–water partition coefficient (Wildman–Crippen LogP) is 2.59. The molecule has 1 aromatic heterocycles. The number of aliphatic hydroxyl groups excluding tert-OH is 1. The summed E-state index contributed by atoms with van der Waals surface area (Å²) in [4.78, 5) is 3.90. The van der Waals surface area contributed by atoms with E-state index in [0.29, 0.717) is 11.3 Å². The Kier molecular flexibility index (Phi) is 3.99. The second-order valence-corrected chi connectivity index (χ2v) is 4.34. The number of rotatable bonds is 4. The number of nitrogens with zero attached hydrogens (tertiary/aromatic N) is 2. The largest absolute Gasteiger partial charge is 0.573 e. The van der Waals surface area contributed by atoms with Crippen molar-refractivity contribution in [2.45, 2.75) is 18.9 Å². The first-order valence-corrected chi connectivity index (χ1v) is 5.84. The van der Waals surface area contributed by atoms with Crippen LogP contribution in [-0.4, -0.2) is 21.0 Å². The van der Waals surface area contributed by atoms with Crippen LogP contribution in [0.15, 0.2) is 36.8 Å². The molecule has 108 valence electrons. The highest BCUT2D eigenvalue weighted by molar-refractivity contribution is 5.28. The zero-order valence-corrected chi connectivity index (χ0v) is 10.6. The van der Waals surface area contributed by atoms with Crippen LogP contribution in [0.1, 0.15) is 17.4 Å². The molecule has 2 aromatic rings. The molecule has 1 aromatic carbocycles. The Hall–Kier alpha value is -2.02. The molecule has 0 amide bonds. The topological polar surface area (TPSA) is 47.3 Å². The molecule has 1 heterocycles. The lowest BCUT2D eigenvalue weighted by Gasteiger charge is -2.12. The van der Waals surface area contributed by atoms with Crippen molar-refractivity contribution in [2.24, 2.45) is 7.05 Å². The van der Waals surface area contributed by atoms with Crippen molar-refractivity contribution in [1.82, 2.24) is 9.55 Å². The number of hydrogen-bond acceptors (Lipinski definition) is 3. The van der Waals surface area contributed by atoms with E-state index in [2.05, 4.69) is 9.72 Å². The first kappa shape index (κ1) is 14.4. The number of ether oxygens (including phenoxy) is 1. The first-order chi connectivity index (χ1) is 9.35. The zero-order chi connectivity index (χ0) is 14.8. The molecule has 20 heavy (non-hydrogen) atoms. The van der Waals surface area contributed by atoms with Gasteiger partial charge in [-0.05, 0) is 17.7 Å². The predicted molar refractivity (Wildman–Crippen MR) is 65.0 cm³/mol. The van der Waals surface area contributed by atoms with Gasteiger partial charge in [0.2, 0.25) is 0 Å². The molecule has 2 rings (SSSR count). The Bertz CT molecular complexity index is 564. The van der Waals surface area contributed by atoms with E-state index >= 15 is 0 Å². The van der Waals surface area contributed by atoms with Crippen LogP contribution in [0.2, 0.25) is 0 Å². The number of aromatic nitrogens is 2. The average molecular weight is 286 g/mol. The third kappa shape index (κ3) is 3.74. The molecule has 1 atom stereocenters. The standard InChI is InChI=1S/C13H13F3N2O2/c1-18-8-17-7-11(18)12(19)6-9-2-4-10(5-3-9)20-13(14,15)16/h2-5,7-8,12,19H,6H2,1H3. The van der Waals surface area contributed by atoms with Crippen molar-refractivity contribution in [3.05, 3.63) is 48.0 Å². The van der Waals surface area contributed by atoms with E-state index in [1.165, 1.54) is 24.3 Å². The first-order valence-electron chi connectivity index (χ1n) is 5.84. The molecule has 0 aliphatic carbocycles. The van der Waals surface area contributed by atoms with Crippen LogP contribution in [0.25, 0.3) is 0 Å². The normalized spacial score (nSPS) is 13.2. The van der Waals surface area contributed by atoms with Gasteiger partial charge < -0.3 is 14.4 Å². The van der Waals surface area contributed by atoms with E-state index in [-0.39, 0.29) is 12.2 Å². The molecule has 0 fully saturated rings. The van der Waals surface area contributed by atoms with E-state index in [1.54, 1.807) is 24.1 Å². The lowest BCUT2D eigenvalue weighted by atomic mass is 10.1. The van der Waals surface area contributed by atoms with Crippen LogP contribution >= 0.6 is 0 Å². The molecule has 0 saturated carbocycles. The summed E-state index contributed by atoms with van der Waals surface area (Å²) in [6, 6.07) is 5.42. The maximum atomic E-state index is 12.0. The molecule has 0 saturated heterocycles. The lowest BCUT2D eigenvalue weighted by Crippen LogP contribution is -2.17. The summed E-state index contributed by atoms with van der Waals surface area (Å²) in [5, 5.41) is 10.0. The Labute approximate surface area is 113 Å². The van der Waals surface area contributed by atoms with Gasteiger partial charge in [-0.3, -0.25) is 0 Å². The molecule has 0 spiro atoms. The van der Waals surface area contributed by atoms with Gasteiger partial charge in [0, 0.05) is 13.5 Å². The number of halogens is 3. The van der Waals surface area contributed by atoms with Gasteiger partial charge in [-0.1, -0.05) is 12.1 Å². The minimum absolute atomic E-state index is 0.281. The highest BCUT2D eigenvalue weighted by atomic mass is 19.4. The van der Waals surface area contributed by atoms with Gasteiger partial charge in [-0.25, -0.2) is 4.98 Å². The van der Waals surface area contributed by atoms with Crippen molar-refractivity contribution >= 4 is 0 Å². The van der Waals surface area contributed by atoms with Crippen LogP contribution in [0.3, 0.4) is 0 Å². The molecule has 7 heteroatoms. The maximum absolute atomic E-state index is 12.0. The van der Waals surface area contributed by atoms with Crippen LogP contribution < -0.4 is 4.74 Å². The lowest BCUT2D eigenvalue weighted by molar-refractivity contribution is -0.274. The van der Waals surface area contributed by atoms with Crippen LogP contribution in [0, 0.1) is 0 Å². The highest BCUT2D eigenvalue weighted by Crippen LogP contribution is 2.24. The molecular formula is C13H13F3N2O2. The van der Waals surface area contributed by atoms with Crippen molar-refractivity contribution in [3.8, 4) is 5.75 Å².